The van der Waals surface area contributed by atoms with Gasteiger partial charge in [-0.1, -0.05) is 18.9 Å². The number of nitrogens with one attached hydrogen (secondary N) is 1. The Bertz CT molecular complexity index is 629. The van der Waals surface area contributed by atoms with Gasteiger partial charge in [-0.2, -0.15) is 0 Å². The lowest BCUT2D eigenvalue weighted by Gasteiger charge is -2.13. The van der Waals surface area contributed by atoms with Gasteiger partial charge in [-0.3, -0.25) is 0 Å². The van der Waals surface area contributed by atoms with Gasteiger partial charge in [0.25, 0.3) is 0 Å². The van der Waals surface area contributed by atoms with E-state index in [4.69, 9.17) is 5.73 Å². The van der Waals surface area contributed by atoms with Crippen molar-refractivity contribution in [3.05, 3.63) is 29.2 Å². The van der Waals surface area contributed by atoms with Crippen LogP contribution in [0.3, 0.4) is 0 Å². The summed E-state index contributed by atoms with van der Waals surface area (Å²) in [5.74, 6) is 0. The molecule has 3 rings (SSSR count). The Labute approximate surface area is 113 Å². The van der Waals surface area contributed by atoms with E-state index in [0.717, 1.165) is 5.57 Å². The fourth-order valence-corrected chi connectivity index (χ4v) is 4.46. The van der Waals surface area contributed by atoms with Crippen molar-refractivity contribution in [1.82, 2.24) is 5.32 Å². The molecule has 3 N–H and O–H groups in total. The zero-order valence-corrected chi connectivity index (χ0v) is 11.5. The van der Waals surface area contributed by atoms with E-state index in [1.54, 1.807) is 18.2 Å². The lowest BCUT2D eigenvalue weighted by molar-refractivity contribution is 0.560. The van der Waals surface area contributed by atoms with Crippen molar-refractivity contribution in [3.8, 4) is 0 Å². The number of sulfone groups is 1. The van der Waals surface area contributed by atoms with Gasteiger partial charge in [0.1, 0.15) is 0 Å². The Morgan fingerprint density at radius 1 is 1.26 bits per heavy atom. The van der Waals surface area contributed by atoms with Gasteiger partial charge >= 0.3 is 0 Å². The van der Waals surface area contributed by atoms with Gasteiger partial charge in [-0.05, 0) is 30.5 Å². The van der Waals surface area contributed by atoms with E-state index in [9.17, 15) is 8.42 Å². The van der Waals surface area contributed by atoms with Crippen LogP contribution in [0.1, 0.15) is 31.2 Å². The minimum absolute atomic E-state index is 0.343. The molecular weight excluding hydrogens is 260 g/mol. The van der Waals surface area contributed by atoms with Gasteiger partial charge in [0.05, 0.1) is 4.90 Å². The highest BCUT2D eigenvalue weighted by Crippen LogP contribution is 2.36. The maximum Gasteiger partial charge on any atom is 0.200 e. The maximum atomic E-state index is 12.1. The quantitative estimate of drug-likeness (QED) is 0.829. The molecule has 0 unspecified atom stereocenters. The Balaban J connectivity index is 1.87. The average Bonchev–Trinajstić information content (AvgIpc) is 2.95. The van der Waals surface area contributed by atoms with E-state index in [1.165, 1.54) is 31.1 Å². The Kier molecular flexibility index (Phi) is 3.11. The smallest absolute Gasteiger partial charge is 0.200 e. The van der Waals surface area contributed by atoms with Gasteiger partial charge in [-0.15, -0.1) is 0 Å². The highest BCUT2D eigenvalue weighted by Gasteiger charge is 2.28. The molecule has 0 amide bonds. The first-order chi connectivity index (χ1) is 9.08. The van der Waals surface area contributed by atoms with Crippen LogP contribution < -0.4 is 11.1 Å². The number of nitrogens with two attached hydrogens (primary N) is 1. The Morgan fingerprint density at radius 2 is 2.00 bits per heavy atom. The van der Waals surface area contributed by atoms with Crippen LogP contribution in [0.25, 0.3) is 5.57 Å². The van der Waals surface area contributed by atoms with Crippen molar-refractivity contribution < 1.29 is 8.42 Å². The van der Waals surface area contributed by atoms with Crippen LogP contribution in [0, 0.1) is 0 Å². The molecule has 1 aromatic carbocycles. The Hall–Kier alpha value is -1.33. The topological polar surface area (TPSA) is 72.2 Å². The van der Waals surface area contributed by atoms with Crippen LogP contribution in [-0.4, -0.2) is 21.0 Å². The normalized spacial score (nSPS) is 21.4. The molecule has 0 spiro atoms. The molecule has 0 atom stereocenters. The largest absolute Gasteiger partial charge is 0.398 e. The summed E-state index contributed by atoms with van der Waals surface area (Å²) in [4.78, 5) is 0.343. The van der Waals surface area contributed by atoms with Crippen molar-refractivity contribution in [3.63, 3.8) is 0 Å². The summed E-state index contributed by atoms with van der Waals surface area (Å²) in [7, 11) is -3.31. The highest BCUT2D eigenvalue weighted by atomic mass is 32.2. The molecule has 1 aromatic rings. The first-order valence-corrected chi connectivity index (χ1v) is 8.20. The molecule has 1 saturated carbocycles. The molecule has 1 aliphatic heterocycles. The minimum Gasteiger partial charge on any atom is -0.398 e. The molecule has 0 bridgehead atoms. The molecule has 0 aromatic heterocycles. The second-order valence-electron chi connectivity index (χ2n) is 5.27. The van der Waals surface area contributed by atoms with E-state index in [-0.39, 0.29) is 0 Å². The molecule has 1 fully saturated rings. The predicted octanol–water partition coefficient (Wildman–Crippen LogP) is 1.93. The molecule has 102 valence electrons. The second kappa shape index (κ2) is 4.65. The number of fused-ring (bicyclic) bond motifs is 1. The second-order valence-corrected chi connectivity index (χ2v) is 7.04. The molecule has 2 aliphatic rings. The monoisotopic (exact) mass is 278 g/mol. The van der Waals surface area contributed by atoms with Crippen molar-refractivity contribution >= 4 is 21.1 Å². The minimum atomic E-state index is -3.31. The number of anilines is 1. The molecular formula is C14H18N2O2S. The van der Waals surface area contributed by atoms with Crippen LogP contribution in [0.5, 0.6) is 0 Å². The standard InChI is InChI=1S/C14H18N2O2S/c15-12-6-3-7-13-14(12)10(9-19(13,17)18)8-16-11-4-1-2-5-11/h3,6-7,9,11,16H,1-2,4-5,8,15H2. The van der Waals surface area contributed by atoms with Crippen molar-refractivity contribution in [2.75, 3.05) is 12.3 Å². The van der Waals surface area contributed by atoms with Crippen molar-refractivity contribution in [1.29, 1.82) is 0 Å². The summed E-state index contributed by atoms with van der Waals surface area (Å²) >= 11 is 0. The molecule has 1 aliphatic carbocycles. The van der Waals surface area contributed by atoms with E-state index < -0.39 is 9.84 Å². The maximum absolute atomic E-state index is 12.1. The lowest BCUT2D eigenvalue weighted by Crippen LogP contribution is -2.27. The van der Waals surface area contributed by atoms with Crippen LogP contribution in [0.2, 0.25) is 0 Å². The van der Waals surface area contributed by atoms with Crippen LogP contribution >= 0.6 is 0 Å². The van der Waals surface area contributed by atoms with Gasteiger partial charge in [0, 0.05) is 29.2 Å². The molecule has 4 nitrogen and oxygen atoms in total. The van der Waals surface area contributed by atoms with Crippen molar-refractivity contribution in [2.45, 2.75) is 36.6 Å². The van der Waals surface area contributed by atoms with Gasteiger partial charge in [0.15, 0.2) is 0 Å². The van der Waals surface area contributed by atoms with Gasteiger partial charge in [0.2, 0.25) is 9.84 Å². The van der Waals surface area contributed by atoms with Gasteiger partial charge < -0.3 is 11.1 Å². The lowest BCUT2D eigenvalue weighted by atomic mass is 10.1. The molecule has 0 saturated heterocycles. The number of benzene rings is 1. The Morgan fingerprint density at radius 3 is 2.74 bits per heavy atom. The summed E-state index contributed by atoms with van der Waals surface area (Å²) in [6, 6.07) is 5.58. The average molecular weight is 278 g/mol. The SMILES string of the molecule is Nc1cccc2c1C(CNC1CCCC1)=CS2(=O)=O. The third kappa shape index (κ3) is 2.28. The third-order valence-corrected chi connectivity index (χ3v) is 5.47. The number of rotatable bonds is 3. The molecule has 0 radical (unpaired) electrons. The van der Waals surface area contributed by atoms with Crippen molar-refractivity contribution in [2.24, 2.45) is 0 Å². The number of hydrogen-bond acceptors (Lipinski definition) is 4. The third-order valence-electron chi connectivity index (χ3n) is 3.92. The summed E-state index contributed by atoms with van der Waals surface area (Å²) < 4.78 is 24.1. The fraction of sp³-hybridized carbons (Fsp3) is 0.429. The van der Waals surface area contributed by atoms with Gasteiger partial charge in [-0.25, -0.2) is 8.42 Å². The zero-order valence-electron chi connectivity index (χ0n) is 10.7. The van der Waals surface area contributed by atoms with Crippen LogP contribution in [-0.2, 0) is 9.84 Å². The summed E-state index contributed by atoms with van der Waals surface area (Å²) in [6.07, 6.45) is 4.87. The van der Waals surface area contributed by atoms with E-state index in [0.29, 0.717) is 28.7 Å². The fourth-order valence-electron chi connectivity index (χ4n) is 2.95. The van der Waals surface area contributed by atoms with E-state index in [2.05, 4.69) is 5.32 Å². The molecule has 19 heavy (non-hydrogen) atoms. The number of nitrogen functional groups attached to an aromatic ring is 1. The van der Waals surface area contributed by atoms with Crippen LogP contribution in [0.4, 0.5) is 5.69 Å². The highest BCUT2D eigenvalue weighted by molar-refractivity contribution is 7.95. The summed E-state index contributed by atoms with van der Waals surface area (Å²) in [5, 5.41) is 4.80. The summed E-state index contributed by atoms with van der Waals surface area (Å²) in [5.41, 5.74) is 7.95. The molecule has 5 heteroatoms. The molecule has 1 heterocycles. The van der Waals surface area contributed by atoms with Crippen LogP contribution in [0.15, 0.2) is 28.5 Å². The predicted molar refractivity (Wildman–Crippen MR) is 76.3 cm³/mol. The van der Waals surface area contributed by atoms with E-state index in [1.807, 2.05) is 0 Å². The van der Waals surface area contributed by atoms with E-state index >= 15 is 0 Å². The number of hydrogen-bond donors (Lipinski definition) is 2. The zero-order chi connectivity index (χ0) is 13.5. The summed E-state index contributed by atoms with van der Waals surface area (Å²) in [6.45, 7) is 0.575. The first-order valence-electron chi connectivity index (χ1n) is 6.66. The first kappa shape index (κ1) is 12.7.